The SMILES string of the molecule is COc1ccc(CN=C(N)NCC(c2ccccc2)c2ccccc2)cc1OC. The van der Waals surface area contributed by atoms with E-state index in [2.05, 4.69) is 58.8 Å². The average Bonchev–Trinajstić information content (AvgIpc) is 2.79. The number of ether oxygens (including phenoxy) is 2. The summed E-state index contributed by atoms with van der Waals surface area (Å²) in [7, 11) is 3.24. The molecule has 3 N–H and O–H groups in total. The molecule has 0 saturated heterocycles. The fraction of sp³-hybridized carbons (Fsp3) is 0.208. The van der Waals surface area contributed by atoms with Gasteiger partial charge in [0.15, 0.2) is 17.5 Å². The van der Waals surface area contributed by atoms with E-state index < -0.39 is 0 Å². The Balaban J connectivity index is 1.68. The van der Waals surface area contributed by atoms with Crippen molar-refractivity contribution in [3.63, 3.8) is 0 Å². The van der Waals surface area contributed by atoms with Gasteiger partial charge in [0.2, 0.25) is 0 Å². The number of aliphatic imine (C=N–C) groups is 1. The Hall–Kier alpha value is -3.47. The van der Waals surface area contributed by atoms with E-state index in [9.17, 15) is 0 Å². The summed E-state index contributed by atoms with van der Waals surface area (Å²) in [5.41, 5.74) is 9.60. The third-order valence-corrected chi connectivity index (χ3v) is 4.77. The number of nitrogens with two attached hydrogens (primary N) is 1. The van der Waals surface area contributed by atoms with E-state index in [0.717, 1.165) is 5.56 Å². The second kappa shape index (κ2) is 10.2. The standard InChI is InChI=1S/C24H27N3O2/c1-28-22-14-13-18(15-23(22)29-2)16-26-24(25)27-17-21(19-9-5-3-6-10-19)20-11-7-4-8-12-20/h3-15,21H,16-17H2,1-2H3,(H3,25,26,27). The summed E-state index contributed by atoms with van der Waals surface area (Å²) < 4.78 is 10.6. The third kappa shape index (κ3) is 5.51. The van der Waals surface area contributed by atoms with Gasteiger partial charge in [-0.05, 0) is 28.8 Å². The van der Waals surface area contributed by atoms with Gasteiger partial charge < -0.3 is 20.5 Å². The van der Waals surface area contributed by atoms with Gasteiger partial charge in [-0.1, -0.05) is 66.7 Å². The molecule has 0 heterocycles. The van der Waals surface area contributed by atoms with Crippen LogP contribution in [-0.2, 0) is 6.54 Å². The van der Waals surface area contributed by atoms with E-state index >= 15 is 0 Å². The Morgan fingerprint density at radius 2 is 1.45 bits per heavy atom. The first-order valence-corrected chi connectivity index (χ1v) is 9.56. The highest BCUT2D eigenvalue weighted by molar-refractivity contribution is 5.78. The molecule has 0 spiro atoms. The highest BCUT2D eigenvalue weighted by atomic mass is 16.5. The van der Waals surface area contributed by atoms with Crippen molar-refractivity contribution < 1.29 is 9.47 Å². The van der Waals surface area contributed by atoms with Gasteiger partial charge in [0.1, 0.15) is 0 Å². The molecule has 0 saturated carbocycles. The van der Waals surface area contributed by atoms with Crippen LogP contribution in [0.1, 0.15) is 22.6 Å². The van der Waals surface area contributed by atoms with E-state index in [4.69, 9.17) is 15.2 Å². The van der Waals surface area contributed by atoms with E-state index in [1.165, 1.54) is 11.1 Å². The molecule has 0 radical (unpaired) electrons. The van der Waals surface area contributed by atoms with Crippen LogP contribution in [0.3, 0.4) is 0 Å². The van der Waals surface area contributed by atoms with Crippen molar-refractivity contribution in [3.05, 3.63) is 95.6 Å². The largest absolute Gasteiger partial charge is 0.493 e. The molecule has 0 aliphatic heterocycles. The molecule has 0 bridgehead atoms. The van der Waals surface area contributed by atoms with Gasteiger partial charge in [-0.2, -0.15) is 0 Å². The number of nitrogens with one attached hydrogen (secondary N) is 1. The molecule has 5 heteroatoms. The first kappa shape index (κ1) is 20.3. The normalized spacial score (nSPS) is 11.3. The van der Waals surface area contributed by atoms with Crippen LogP contribution in [-0.4, -0.2) is 26.7 Å². The minimum Gasteiger partial charge on any atom is -0.493 e. The zero-order valence-electron chi connectivity index (χ0n) is 16.8. The lowest BCUT2D eigenvalue weighted by Crippen LogP contribution is -2.35. The van der Waals surface area contributed by atoms with Crippen molar-refractivity contribution in [2.45, 2.75) is 12.5 Å². The second-order valence-electron chi connectivity index (χ2n) is 6.65. The summed E-state index contributed by atoms with van der Waals surface area (Å²) >= 11 is 0. The van der Waals surface area contributed by atoms with Gasteiger partial charge in [-0.15, -0.1) is 0 Å². The molecule has 0 atom stereocenters. The molecule has 150 valence electrons. The van der Waals surface area contributed by atoms with Crippen molar-refractivity contribution >= 4 is 5.96 Å². The van der Waals surface area contributed by atoms with Crippen LogP contribution < -0.4 is 20.5 Å². The number of hydrogen-bond acceptors (Lipinski definition) is 3. The quantitative estimate of drug-likeness (QED) is 0.452. The van der Waals surface area contributed by atoms with Gasteiger partial charge in [-0.3, -0.25) is 0 Å². The van der Waals surface area contributed by atoms with Crippen LogP contribution in [0.25, 0.3) is 0 Å². The van der Waals surface area contributed by atoms with Crippen LogP contribution in [0.15, 0.2) is 83.9 Å². The van der Waals surface area contributed by atoms with E-state index in [1.807, 2.05) is 30.3 Å². The van der Waals surface area contributed by atoms with Crippen LogP contribution in [0.4, 0.5) is 0 Å². The van der Waals surface area contributed by atoms with E-state index in [-0.39, 0.29) is 5.92 Å². The molecule has 0 aliphatic carbocycles. The summed E-state index contributed by atoms with van der Waals surface area (Å²) in [4.78, 5) is 4.47. The summed E-state index contributed by atoms with van der Waals surface area (Å²) in [6.07, 6.45) is 0. The van der Waals surface area contributed by atoms with Gasteiger partial charge >= 0.3 is 0 Å². The van der Waals surface area contributed by atoms with Crippen molar-refractivity contribution in [2.24, 2.45) is 10.7 Å². The topological polar surface area (TPSA) is 68.9 Å². The molecule has 29 heavy (non-hydrogen) atoms. The summed E-state index contributed by atoms with van der Waals surface area (Å²) in [6.45, 7) is 1.12. The molecule has 3 aromatic rings. The Morgan fingerprint density at radius 3 is 2.00 bits per heavy atom. The third-order valence-electron chi connectivity index (χ3n) is 4.77. The van der Waals surface area contributed by atoms with Crippen LogP contribution in [0.5, 0.6) is 11.5 Å². The van der Waals surface area contributed by atoms with Crippen LogP contribution in [0, 0.1) is 0 Å². The second-order valence-corrected chi connectivity index (χ2v) is 6.65. The molecule has 0 amide bonds. The lowest BCUT2D eigenvalue weighted by molar-refractivity contribution is 0.354. The van der Waals surface area contributed by atoms with Crippen molar-refractivity contribution in [1.82, 2.24) is 5.32 Å². The summed E-state index contributed by atoms with van der Waals surface area (Å²) in [5.74, 6) is 1.98. The Labute approximate surface area is 172 Å². The lowest BCUT2D eigenvalue weighted by Gasteiger charge is -2.19. The van der Waals surface area contributed by atoms with E-state index in [1.54, 1.807) is 14.2 Å². The zero-order valence-corrected chi connectivity index (χ0v) is 16.8. The maximum atomic E-state index is 6.14. The zero-order chi connectivity index (χ0) is 20.5. The van der Waals surface area contributed by atoms with E-state index in [0.29, 0.717) is 30.5 Å². The Bertz CT molecular complexity index is 888. The molecule has 3 aromatic carbocycles. The van der Waals surface area contributed by atoms with Crippen molar-refractivity contribution in [3.8, 4) is 11.5 Å². The molecule has 0 fully saturated rings. The minimum atomic E-state index is 0.187. The van der Waals surface area contributed by atoms with Gasteiger partial charge in [0, 0.05) is 12.5 Å². The first-order chi connectivity index (χ1) is 14.2. The summed E-state index contributed by atoms with van der Waals surface area (Å²) in [5, 5.41) is 3.27. The predicted molar refractivity (Wildman–Crippen MR) is 118 cm³/mol. The first-order valence-electron chi connectivity index (χ1n) is 9.56. The number of methoxy groups -OCH3 is 2. The van der Waals surface area contributed by atoms with Gasteiger partial charge in [0.05, 0.1) is 20.8 Å². The number of guanidine groups is 1. The molecule has 0 unspecified atom stereocenters. The Kier molecular flexibility index (Phi) is 7.11. The number of hydrogen-bond donors (Lipinski definition) is 2. The molecule has 0 aromatic heterocycles. The molecular weight excluding hydrogens is 362 g/mol. The molecular formula is C24H27N3O2. The lowest BCUT2D eigenvalue weighted by atomic mass is 9.91. The predicted octanol–water partition coefficient (Wildman–Crippen LogP) is 3.94. The Morgan fingerprint density at radius 1 is 0.862 bits per heavy atom. The average molecular weight is 389 g/mol. The highest BCUT2D eigenvalue weighted by Crippen LogP contribution is 2.28. The molecule has 5 nitrogen and oxygen atoms in total. The minimum absolute atomic E-state index is 0.187. The summed E-state index contributed by atoms with van der Waals surface area (Å²) in [6, 6.07) is 26.5. The van der Waals surface area contributed by atoms with Crippen LogP contribution in [0.2, 0.25) is 0 Å². The number of rotatable bonds is 8. The van der Waals surface area contributed by atoms with Crippen molar-refractivity contribution in [1.29, 1.82) is 0 Å². The van der Waals surface area contributed by atoms with Gasteiger partial charge in [-0.25, -0.2) is 4.99 Å². The van der Waals surface area contributed by atoms with Crippen molar-refractivity contribution in [2.75, 3.05) is 20.8 Å². The number of nitrogens with zero attached hydrogens (tertiary/aromatic N) is 1. The monoisotopic (exact) mass is 389 g/mol. The van der Waals surface area contributed by atoms with Crippen LogP contribution >= 0.6 is 0 Å². The number of benzene rings is 3. The molecule has 0 aliphatic rings. The molecule has 3 rings (SSSR count). The van der Waals surface area contributed by atoms with Gasteiger partial charge in [0.25, 0.3) is 0 Å². The smallest absolute Gasteiger partial charge is 0.188 e. The fourth-order valence-electron chi connectivity index (χ4n) is 3.22. The fourth-order valence-corrected chi connectivity index (χ4v) is 3.22. The highest BCUT2D eigenvalue weighted by Gasteiger charge is 2.14. The maximum Gasteiger partial charge on any atom is 0.188 e. The maximum absolute atomic E-state index is 6.14.